The van der Waals surface area contributed by atoms with E-state index in [1.54, 1.807) is 7.05 Å². The summed E-state index contributed by atoms with van der Waals surface area (Å²) in [6, 6.07) is 0. The Bertz CT molecular complexity index is 297. The van der Waals surface area contributed by atoms with Crippen LogP contribution in [0.1, 0.15) is 20.8 Å². The van der Waals surface area contributed by atoms with E-state index in [-0.39, 0.29) is 16.9 Å². The van der Waals surface area contributed by atoms with Crippen molar-refractivity contribution in [2.24, 2.45) is 11.1 Å². The smallest absolute Gasteiger partial charge is 0.311 e. The lowest BCUT2D eigenvalue weighted by Gasteiger charge is -2.26. The van der Waals surface area contributed by atoms with Gasteiger partial charge in [0, 0.05) is 13.6 Å². The normalized spacial score (nSPS) is 10.8. The van der Waals surface area contributed by atoms with Crippen LogP contribution in [0.5, 0.6) is 0 Å². The number of nitrogens with one attached hydrogen (secondary N) is 1. The van der Waals surface area contributed by atoms with E-state index in [0.717, 1.165) is 0 Å². The van der Waals surface area contributed by atoms with E-state index in [9.17, 15) is 9.59 Å². The Hall–Kier alpha value is -1.17. The van der Waals surface area contributed by atoms with Gasteiger partial charge in [0.05, 0.1) is 11.5 Å². The average molecular weight is 245 g/mol. The fourth-order valence-corrected chi connectivity index (χ4v) is 1.27. The Morgan fingerprint density at radius 2 is 1.88 bits per heavy atom. The van der Waals surface area contributed by atoms with Crippen LogP contribution in [-0.2, 0) is 9.59 Å². The molecule has 0 spiro atoms. The highest BCUT2D eigenvalue weighted by Crippen LogP contribution is 2.13. The number of hydrogen-bond acceptors (Lipinski definition) is 3. The zero-order valence-corrected chi connectivity index (χ0v) is 11.0. The molecule has 0 aliphatic heterocycles. The van der Waals surface area contributed by atoms with Gasteiger partial charge in [-0.2, -0.15) is 0 Å². The maximum absolute atomic E-state index is 11.6. The molecule has 0 aromatic heterocycles. The topological polar surface area (TPSA) is 75.4 Å². The van der Waals surface area contributed by atoms with Gasteiger partial charge in [0.15, 0.2) is 0 Å². The molecule has 5 nitrogen and oxygen atoms in total. The largest absolute Gasteiger partial charge is 0.392 e. The molecule has 6 heteroatoms. The van der Waals surface area contributed by atoms with E-state index in [2.05, 4.69) is 17.5 Å². The maximum atomic E-state index is 11.6. The first kappa shape index (κ1) is 14.8. The van der Waals surface area contributed by atoms with Crippen molar-refractivity contribution in [2.75, 3.05) is 20.1 Å². The third-order valence-electron chi connectivity index (χ3n) is 1.68. The van der Waals surface area contributed by atoms with Crippen LogP contribution in [0.25, 0.3) is 0 Å². The van der Waals surface area contributed by atoms with Crippen LogP contribution in [0.4, 0.5) is 0 Å². The summed E-state index contributed by atoms with van der Waals surface area (Å²) in [5.74, 6) is -1.26. The van der Waals surface area contributed by atoms with E-state index >= 15 is 0 Å². The van der Waals surface area contributed by atoms with Crippen molar-refractivity contribution in [1.82, 2.24) is 10.2 Å². The Morgan fingerprint density at radius 3 is 2.25 bits per heavy atom. The van der Waals surface area contributed by atoms with Gasteiger partial charge < -0.3 is 16.0 Å². The molecule has 0 bridgehead atoms. The van der Waals surface area contributed by atoms with Crippen molar-refractivity contribution < 1.29 is 9.59 Å². The average Bonchev–Trinajstić information content (AvgIpc) is 2.10. The van der Waals surface area contributed by atoms with Crippen molar-refractivity contribution in [3.63, 3.8) is 0 Å². The van der Waals surface area contributed by atoms with Gasteiger partial charge in [-0.25, -0.2) is 0 Å². The van der Waals surface area contributed by atoms with Gasteiger partial charge in [0.25, 0.3) is 0 Å². The van der Waals surface area contributed by atoms with Gasteiger partial charge in [0.1, 0.15) is 0 Å². The van der Waals surface area contributed by atoms with E-state index in [4.69, 9.17) is 5.73 Å². The molecular formula is C10H19N3O2S. The Balaban J connectivity index is 4.23. The van der Waals surface area contributed by atoms with E-state index in [1.807, 2.05) is 20.8 Å². The number of carbonyl (C=O) groups is 2. The van der Waals surface area contributed by atoms with Crippen LogP contribution in [0.3, 0.4) is 0 Å². The van der Waals surface area contributed by atoms with Crippen molar-refractivity contribution in [1.29, 1.82) is 0 Å². The first-order valence-corrected chi connectivity index (χ1v) is 5.36. The second-order valence-corrected chi connectivity index (χ2v) is 5.40. The van der Waals surface area contributed by atoms with Crippen molar-refractivity contribution >= 4 is 29.0 Å². The SMILES string of the molecule is CN(CC(C)(C)C)C(=O)C(=O)NCC(N)=S. The van der Waals surface area contributed by atoms with Crippen LogP contribution in [0.2, 0.25) is 0 Å². The van der Waals surface area contributed by atoms with Crippen molar-refractivity contribution in [3.05, 3.63) is 0 Å². The molecule has 0 aromatic carbocycles. The Morgan fingerprint density at radius 1 is 1.38 bits per heavy atom. The summed E-state index contributed by atoms with van der Waals surface area (Å²) in [4.78, 5) is 24.5. The monoisotopic (exact) mass is 245 g/mol. The molecule has 0 saturated heterocycles. The first-order chi connectivity index (χ1) is 7.13. The lowest BCUT2D eigenvalue weighted by Crippen LogP contribution is -2.45. The molecule has 0 aliphatic carbocycles. The quantitative estimate of drug-likeness (QED) is 0.537. The summed E-state index contributed by atoms with van der Waals surface area (Å²) in [7, 11) is 1.59. The molecule has 0 atom stereocenters. The van der Waals surface area contributed by atoms with Gasteiger partial charge >= 0.3 is 11.8 Å². The lowest BCUT2D eigenvalue weighted by molar-refractivity contribution is -0.145. The summed E-state index contributed by atoms with van der Waals surface area (Å²) in [5.41, 5.74) is 5.16. The number of nitrogens with two attached hydrogens (primary N) is 1. The summed E-state index contributed by atoms with van der Waals surface area (Å²) in [6.07, 6.45) is 0. The van der Waals surface area contributed by atoms with Crippen molar-refractivity contribution in [2.45, 2.75) is 20.8 Å². The van der Waals surface area contributed by atoms with Gasteiger partial charge in [-0.1, -0.05) is 33.0 Å². The number of nitrogens with zero attached hydrogens (tertiary/aromatic N) is 1. The van der Waals surface area contributed by atoms with Crippen LogP contribution in [0.15, 0.2) is 0 Å². The maximum Gasteiger partial charge on any atom is 0.311 e. The highest BCUT2D eigenvalue weighted by molar-refractivity contribution is 7.80. The summed E-state index contributed by atoms with van der Waals surface area (Å²) < 4.78 is 0. The number of carbonyl (C=O) groups excluding carboxylic acids is 2. The third-order valence-corrected chi connectivity index (χ3v) is 1.82. The number of amides is 2. The van der Waals surface area contributed by atoms with Gasteiger partial charge in [-0.05, 0) is 5.41 Å². The summed E-state index contributed by atoms with van der Waals surface area (Å²) in [6.45, 7) is 6.52. The Kier molecular flexibility index (Phi) is 5.37. The van der Waals surface area contributed by atoms with E-state index < -0.39 is 11.8 Å². The number of rotatable bonds is 3. The second-order valence-electron chi connectivity index (χ2n) is 4.87. The molecule has 0 aromatic rings. The Labute approximate surface area is 101 Å². The molecule has 0 rings (SSSR count). The van der Waals surface area contributed by atoms with E-state index in [1.165, 1.54) is 4.90 Å². The summed E-state index contributed by atoms with van der Waals surface area (Å²) in [5, 5.41) is 2.35. The molecular weight excluding hydrogens is 226 g/mol. The van der Waals surface area contributed by atoms with E-state index in [0.29, 0.717) is 6.54 Å². The molecule has 0 radical (unpaired) electrons. The minimum absolute atomic E-state index is 0.0449. The highest BCUT2D eigenvalue weighted by Gasteiger charge is 2.22. The van der Waals surface area contributed by atoms with Crippen molar-refractivity contribution in [3.8, 4) is 0 Å². The lowest BCUT2D eigenvalue weighted by atomic mass is 9.96. The van der Waals surface area contributed by atoms with Gasteiger partial charge in [-0.15, -0.1) is 0 Å². The molecule has 0 unspecified atom stereocenters. The summed E-state index contributed by atoms with van der Waals surface area (Å²) >= 11 is 4.59. The third kappa shape index (κ3) is 6.34. The predicted octanol–water partition coefficient (Wildman–Crippen LogP) is -0.107. The molecule has 16 heavy (non-hydrogen) atoms. The van der Waals surface area contributed by atoms with Crippen LogP contribution < -0.4 is 11.1 Å². The zero-order valence-electron chi connectivity index (χ0n) is 10.2. The van der Waals surface area contributed by atoms with Gasteiger partial charge in [0.2, 0.25) is 0 Å². The first-order valence-electron chi connectivity index (χ1n) is 4.95. The minimum atomic E-state index is -0.681. The fourth-order valence-electron chi connectivity index (χ4n) is 1.20. The predicted molar refractivity (Wildman–Crippen MR) is 66.9 cm³/mol. The van der Waals surface area contributed by atoms with Gasteiger partial charge in [-0.3, -0.25) is 9.59 Å². The number of likely N-dealkylation sites (N-methyl/N-ethyl adjacent to an activating group) is 1. The zero-order chi connectivity index (χ0) is 12.9. The minimum Gasteiger partial charge on any atom is -0.392 e. The van der Waals surface area contributed by atoms with Crippen LogP contribution in [0, 0.1) is 5.41 Å². The second kappa shape index (κ2) is 5.79. The molecule has 92 valence electrons. The molecule has 0 aliphatic rings. The highest BCUT2D eigenvalue weighted by atomic mass is 32.1. The molecule has 0 fully saturated rings. The fraction of sp³-hybridized carbons (Fsp3) is 0.700. The number of thiocarbonyl (C=S) groups is 1. The molecule has 0 saturated carbocycles. The number of hydrogen-bond donors (Lipinski definition) is 2. The molecule has 2 amide bonds. The molecule has 0 heterocycles. The van der Waals surface area contributed by atoms with Crippen LogP contribution >= 0.6 is 12.2 Å². The standard InChI is InChI=1S/C10H19N3O2S/c1-10(2,3)6-13(4)9(15)8(14)12-5-7(11)16/h5-6H2,1-4H3,(H2,11,16)(H,12,14). The molecule has 3 N–H and O–H groups in total. The van der Waals surface area contributed by atoms with Crippen LogP contribution in [-0.4, -0.2) is 41.8 Å².